The zero-order chi connectivity index (χ0) is 13.7. The maximum Gasteiger partial charge on any atom is 1.00 e. The number of esters is 1. The number of carbonyl (C=O) groups excluding carboxylic acids is 2. The van der Waals surface area contributed by atoms with Crippen LogP contribution in [0.25, 0.3) is 5.76 Å². The molecule has 4 nitrogen and oxygen atoms in total. The van der Waals surface area contributed by atoms with Crippen LogP contribution in [0.3, 0.4) is 0 Å². The minimum absolute atomic E-state index is 0. The van der Waals surface area contributed by atoms with E-state index < -0.39 is 23.3 Å². The van der Waals surface area contributed by atoms with Crippen molar-refractivity contribution < 1.29 is 42.7 Å². The first-order chi connectivity index (χ1) is 8.43. The SMILES string of the molecule is CCOC(=O)C(=O)C=C([O-])c1cc(F)cc(Cl)c1.[Li+]. The number of ether oxygens (including phenoxy) is 1. The molecule has 0 heterocycles. The van der Waals surface area contributed by atoms with Crippen molar-refractivity contribution >= 4 is 29.1 Å². The van der Waals surface area contributed by atoms with E-state index in [-0.39, 0.29) is 36.1 Å². The Morgan fingerprint density at radius 1 is 1.42 bits per heavy atom. The van der Waals surface area contributed by atoms with Crippen molar-refractivity contribution in [2.45, 2.75) is 6.92 Å². The minimum Gasteiger partial charge on any atom is -0.872 e. The number of hydrogen-bond donors (Lipinski definition) is 0. The van der Waals surface area contributed by atoms with Gasteiger partial charge in [0.2, 0.25) is 0 Å². The maximum atomic E-state index is 13.0. The zero-order valence-electron chi connectivity index (χ0n) is 10.4. The monoisotopic (exact) mass is 278 g/mol. The summed E-state index contributed by atoms with van der Waals surface area (Å²) in [6, 6.07) is 3.14. The summed E-state index contributed by atoms with van der Waals surface area (Å²) in [7, 11) is 0. The number of hydrogen-bond acceptors (Lipinski definition) is 4. The summed E-state index contributed by atoms with van der Waals surface area (Å²) >= 11 is 5.56. The fraction of sp³-hybridized carbons (Fsp3) is 0.167. The predicted molar refractivity (Wildman–Crippen MR) is 61.0 cm³/mol. The largest absolute Gasteiger partial charge is 1.00 e. The van der Waals surface area contributed by atoms with Crippen LogP contribution in [0.1, 0.15) is 12.5 Å². The molecule has 0 aliphatic rings. The molecule has 0 aliphatic carbocycles. The van der Waals surface area contributed by atoms with Gasteiger partial charge in [-0.2, -0.15) is 0 Å². The first-order valence-electron chi connectivity index (χ1n) is 5.00. The van der Waals surface area contributed by atoms with Crippen LogP contribution in [0, 0.1) is 5.82 Å². The van der Waals surface area contributed by atoms with Gasteiger partial charge in [0.15, 0.2) is 0 Å². The number of benzene rings is 1. The van der Waals surface area contributed by atoms with Gasteiger partial charge in [0.1, 0.15) is 5.82 Å². The molecule has 1 rings (SSSR count). The van der Waals surface area contributed by atoms with Gasteiger partial charge in [0, 0.05) is 5.02 Å². The first kappa shape index (κ1) is 17.7. The molecule has 0 spiro atoms. The Morgan fingerprint density at radius 2 is 2.05 bits per heavy atom. The first-order valence-corrected chi connectivity index (χ1v) is 5.38. The molecular formula is C12H9ClFLiO4. The molecule has 7 heteroatoms. The summed E-state index contributed by atoms with van der Waals surface area (Å²) in [4.78, 5) is 22.2. The van der Waals surface area contributed by atoms with E-state index in [9.17, 15) is 19.1 Å². The molecule has 1 aromatic rings. The Kier molecular flexibility index (Phi) is 7.46. The Morgan fingerprint density at radius 3 is 2.58 bits per heavy atom. The van der Waals surface area contributed by atoms with Crippen LogP contribution >= 0.6 is 11.6 Å². The topological polar surface area (TPSA) is 66.4 Å². The fourth-order valence-corrected chi connectivity index (χ4v) is 1.38. The van der Waals surface area contributed by atoms with Gasteiger partial charge < -0.3 is 9.84 Å². The third-order valence-electron chi connectivity index (χ3n) is 1.89. The average molecular weight is 279 g/mol. The molecule has 0 fully saturated rings. The molecule has 1 aromatic carbocycles. The third-order valence-corrected chi connectivity index (χ3v) is 2.10. The summed E-state index contributed by atoms with van der Waals surface area (Å²) < 4.78 is 17.4. The molecule has 0 saturated carbocycles. The second kappa shape index (κ2) is 8.00. The quantitative estimate of drug-likeness (QED) is 0.217. The Hall–Kier alpha value is -1.28. The van der Waals surface area contributed by atoms with Crippen molar-refractivity contribution in [3.05, 3.63) is 40.7 Å². The van der Waals surface area contributed by atoms with Crippen molar-refractivity contribution in [3.63, 3.8) is 0 Å². The Labute approximate surface area is 126 Å². The molecule has 0 atom stereocenters. The normalized spacial score (nSPS) is 10.6. The van der Waals surface area contributed by atoms with E-state index in [2.05, 4.69) is 4.74 Å². The molecule has 19 heavy (non-hydrogen) atoms. The van der Waals surface area contributed by atoms with E-state index in [0.717, 1.165) is 12.1 Å². The third kappa shape index (κ3) is 5.47. The maximum absolute atomic E-state index is 13.0. The van der Waals surface area contributed by atoms with Crippen LogP contribution in [0.2, 0.25) is 5.02 Å². The van der Waals surface area contributed by atoms with E-state index in [1.54, 1.807) is 0 Å². The Bertz CT molecular complexity index is 496. The van der Waals surface area contributed by atoms with Gasteiger partial charge in [0.05, 0.1) is 6.61 Å². The van der Waals surface area contributed by atoms with Crippen LogP contribution in [0.4, 0.5) is 4.39 Å². The van der Waals surface area contributed by atoms with Gasteiger partial charge >= 0.3 is 24.8 Å². The molecular weight excluding hydrogens is 270 g/mol. The second-order valence-corrected chi connectivity index (χ2v) is 3.69. The number of carbonyl (C=O) groups is 2. The van der Waals surface area contributed by atoms with Gasteiger partial charge in [-0.15, -0.1) is 0 Å². The van der Waals surface area contributed by atoms with Crippen molar-refractivity contribution in [1.29, 1.82) is 0 Å². The van der Waals surface area contributed by atoms with Crippen LogP contribution in [0.15, 0.2) is 24.3 Å². The molecule has 0 amide bonds. The number of halogens is 2. The van der Waals surface area contributed by atoms with E-state index in [1.807, 2.05) is 0 Å². The van der Waals surface area contributed by atoms with Crippen LogP contribution in [0.5, 0.6) is 0 Å². The van der Waals surface area contributed by atoms with Crippen molar-refractivity contribution in [2.75, 3.05) is 6.61 Å². The molecule has 96 valence electrons. The summed E-state index contributed by atoms with van der Waals surface area (Å²) in [6.07, 6.45) is 0.545. The zero-order valence-corrected chi connectivity index (χ0v) is 11.2. The van der Waals surface area contributed by atoms with Crippen molar-refractivity contribution in [3.8, 4) is 0 Å². The molecule has 0 aromatic heterocycles. The van der Waals surface area contributed by atoms with Crippen molar-refractivity contribution in [1.82, 2.24) is 0 Å². The second-order valence-electron chi connectivity index (χ2n) is 3.25. The number of rotatable bonds is 4. The summed E-state index contributed by atoms with van der Waals surface area (Å²) in [5.41, 5.74) is -0.113. The minimum atomic E-state index is -1.13. The van der Waals surface area contributed by atoms with E-state index in [1.165, 1.54) is 13.0 Å². The van der Waals surface area contributed by atoms with E-state index in [4.69, 9.17) is 11.6 Å². The Balaban J connectivity index is 0.00000324. The molecule has 0 unspecified atom stereocenters. The van der Waals surface area contributed by atoms with Gasteiger partial charge in [-0.1, -0.05) is 17.4 Å². The van der Waals surface area contributed by atoms with Gasteiger partial charge in [-0.05, 0) is 36.8 Å². The molecule has 0 saturated heterocycles. The fourth-order valence-electron chi connectivity index (χ4n) is 1.16. The summed E-state index contributed by atoms with van der Waals surface area (Å²) in [6.45, 7) is 1.55. The van der Waals surface area contributed by atoms with Crippen LogP contribution < -0.4 is 24.0 Å². The van der Waals surface area contributed by atoms with Crippen LogP contribution in [-0.4, -0.2) is 18.4 Å². The van der Waals surface area contributed by atoms with Crippen LogP contribution in [-0.2, 0) is 14.3 Å². The summed E-state index contributed by atoms with van der Waals surface area (Å²) in [5.74, 6) is -3.74. The molecule has 0 aliphatic heterocycles. The smallest absolute Gasteiger partial charge is 0.872 e. The molecule has 0 N–H and O–H groups in total. The van der Waals surface area contributed by atoms with E-state index in [0.29, 0.717) is 6.08 Å². The predicted octanol–water partition coefficient (Wildman–Crippen LogP) is -1.68. The standard InChI is InChI=1S/C12H10ClFO4.Li/c1-2-18-12(17)11(16)6-10(15)7-3-8(13)5-9(14)4-7;/h3-6,15H,2H2,1H3;/q;+1/p-1. The average Bonchev–Trinajstić information content (AvgIpc) is 2.27. The van der Waals surface area contributed by atoms with Gasteiger partial charge in [-0.3, -0.25) is 4.79 Å². The van der Waals surface area contributed by atoms with E-state index >= 15 is 0 Å². The molecule has 0 bridgehead atoms. The number of ketones is 1. The van der Waals surface area contributed by atoms with Gasteiger partial charge in [-0.25, -0.2) is 9.18 Å². The molecule has 0 radical (unpaired) electrons. The van der Waals surface area contributed by atoms with Crippen molar-refractivity contribution in [2.24, 2.45) is 0 Å². The summed E-state index contributed by atoms with van der Waals surface area (Å²) in [5, 5.41) is 11.6. The van der Waals surface area contributed by atoms with Gasteiger partial charge in [0.25, 0.3) is 5.78 Å².